The van der Waals surface area contributed by atoms with Crippen molar-refractivity contribution in [1.82, 2.24) is 4.90 Å². The first-order valence-corrected chi connectivity index (χ1v) is 6.71. The molecule has 21 heavy (non-hydrogen) atoms. The van der Waals surface area contributed by atoms with E-state index in [9.17, 15) is 14.0 Å². The molecule has 7 heteroatoms. The predicted octanol–water partition coefficient (Wildman–Crippen LogP) is 1.16. The number of anilines is 2. The highest BCUT2D eigenvalue weighted by Crippen LogP contribution is 2.25. The van der Waals surface area contributed by atoms with Crippen LogP contribution in [0.3, 0.4) is 0 Å². The summed E-state index contributed by atoms with van der Waals surface area (Å²) in [5.41, 5.74) is 5.22. The molecule has 0 bridgehead atoms. The van der Waals surface area contributed by atoms with Crippen molar-refractivity contribution in [2.75, 3.05) is 37.3 Å². The van der Waals surface area contributed by atoms with Crippen molar-refractivity contribution < 1.29 is 19.1 Å². The fraction of sp³-hybridized carbons (Fsp3) is 0.429. The number of halogens is 1. The molecular formula is C14H18FN3O3. The summed E-state index contributed by atoms with van der Waals surface area (Å²) in [6.07, 6.45) is 1.96. The van der Waals surface area contributed by atoms with E-state index in [1.807, 2.05) is 0 Å². The highest BCUT2D eigenvalue weighted by Gasteiger charge is 2.21. The van der Waals surface area contributed by atoms with Crippen molar-refractivity contribution in [3.8, 4) is 0 Å². The third kappa shape index (κ3) is 3.24. The number of nitrogens with two attached hydrogens (primary N) is 1. The molecule has 0 radical (unpaired) electrons. The minimum atomic E-state index is -1.23. The molecule has 0 spiro atoms. The predicted molar refractivity (Wildman–Crippen MR) is 76.9 cm³/mol. The van der Waals surface area contributed by atoms with Crippen LogP contribution in [0.25, 0.3) is 0 Å². The normalized spacial score (nSPS) is 14.3. The lowest BCUT2D eigenvalue weighted by Crippen LogP contribution is -2.37. The van der Waals surface area contributed by atoms with Crippen LogP contribution in [0.4, 0.5) is 15.8 Å². The molecule has 0 aliphatic carbocycles. The quantitative estimate of drug-likeness (QED) is 0.814. The van der Waals surface area contributed by atoms with Crippen LogP contribution in [0.5, 0.6) is 0 Å². The van der Waals surface area contributed by atoms with Crippen molar-refractivity contribution >= 4 is 23.3 Å². The van der Waals surface area contributed by atoms with Crippen molar-refractivity contribution in [3.63, 3.8) is 0 Å². The van der Waals surface area contributed by atoms with Gasteiger partial charge in [-0.1, -0.05) is 0 Å². The van der Waals surface area contributed by atoms with Gasteiger partial charge in [-0.25, -0.2) is 9.18 Å². The van der Waals surface area contributed by atoms with Gasteiger partial charge in [-0.2, -0.15) is 0 Å². The van der Waals surface area contributed by atoms with E-state index in [1.54, 1.807) is 11.9 Å². The van der Waals surface area contributed by atoms with E-state index in [1.165, 1.54) is 4.90 Å². The maximum absolute atomic E-state index is 13.9. The van der Waals surface area contributed by atoms with Crippen LogP contribution in [0.15, 0.2) is 12.1 Å². The van der Waals surface area contributed by atoms with Gasteiger partial charge in [0.2, 0.25) is 5.91 Å². The molecule has 1 heterocycles. The number of likely N-dealkylation sites (tertiary alicyclic amines) is 1. The number of aromatic carboxylic acids is 1. The molecule has 0 saturated carbocycles. The molecule has 1 saturated heterocycles. The Morgan fingerprint density at radius 3 is 2.57 bits per heavy atom. The highest BCUT2D eigenvalue weighted by molar-refractivity contribution is 5.95. The average Bonchev–Trinajstić information content (AvgIpc) is 2.91. The van der Waals surface area contributed by atoms with Crippen LogP contribution in [-0.4, -0.2) is 48.6 Å². The van der Waals surface area contributed by atoms with E-state index >= 15 is 0 Å². The van der Waals surface area contributed by atoms with Gasteiger partial charge in [0.15, 0.2) is 0 Å². The van der Waals surface area contributed by atoms with Crippen LogP contribution in [-0.2, 0) is 4.79 Å². The summed E-state index contributed by atoms with van der Waals surface area (Å²) >= 11 is 0. The maximum atomic E-state index is 13.9. The molecule has 6 nitrogen and oxygen atoms in total. The lowest BCUT2D eigenvalue weighted by atomic mass is 10.1. The van der Waals surface area contributed by atoms with Gasteiger partial charge in [0.1, 0.15) is 5.82 Å². The number of carboxylic acid groups (broad SMARTS) is 1. The molecule has 0 aromatic heterocycles. The summed E-state index contributed by atoms with van der Waals surface area (Å²) < 4.78 is 13.9. The number of rotatable bonds is 4. The highest BCUT2D eigenvalue weighted by atomic mass is 19.1. The largest absolute Gasteiger partial charge is 0.478 e. The van der Waals surface area contributed by atoms with E-state index in [0.717, 1.165) is 38.1 Å². The van der Waals surface area contributed by atoms with Crippen LogP contribution in [0, 0.1) is 5.82 Å². The number of likely N-dealkylation sites (N-methyl/N-ethyl adjacent to an activating group) is 1. The zero-order chi connectivity index (χ0) is 15.6. The minimum Gasteiger partial charge on any atom is -0.478 e. The van der Waals surface area contributed by atoms with Gasteiger partial charge in [0.25, 0.3) is 0 Å². The van der Waals surface area contributed by atoms with E-state index < -0.39 is 11.8 Å². The lowest BCUT2D eigenvalue weighted by Gasteiger charge is -2.23. The lowest BCUT2D eigenvalue weighted by molar-refractivity contribution is -0.128. The Hall–Kier alpha value is -2.31. The molecule has 1 fully saturated rings. The monoisotopic (exact) mass is 295 g/mol. The zero-order valence-corrected chi connectivity index (χ0v) is 11.8. The number of carbonyl (C=O) groups excluding carboxylic acids is 1. The van der Waals surface area contributed by atoms with Crippen LogP contribution < -0.4 is 10.6 Å². The molecule has 3 N–H and O–H groups in total. The molecule has 1 aliphatic heterocycles. The number of nitrogens with zero attached hydrogens (tertiary/aromatic N) is 2. The topological polar surface area (TPSA) is 86.9 Å². The van der Waals surface area contributed by atoms with E-state index in [2.05, 4.69) is 0 Å². The number of carbonyl (C=O) groups is 2. The van der Waals surface area contributed by atoms with Crippen LogP contribution >= 0.6 is 0 Å². The Balaban J connectivity index is 2.18. The Kier molecular flexibility index (Phi) is 4.30. The first-order chi connectivity index (χ1) is 9.90. The fourth-order valence-electron chi connectivity index (χ4n) is 2.41. The second-order valence-electron chi connectivity index (χ2n) is 5.14. The molecule has 2 rings (SSSR count). The molecule has 1 aromatic carbocycles. The zero-order valence-electron chi connectivity index (χ0n) is 11.8. The number of benzene rings is 1. The van der Waals surface area contributed by atoms with Gasteiger partial charge in [0.05, 0.1) is 17.8 Å². The summed E-state index contributed by atoms with van der Waals surface area (Å²) in [4.78, 5) is 26.2. The summed E-state index contributed by atoms with van der Waals surface area (Å²) in [7, 11) is 1.55. The third-order valence-corrected chi connectivity index (χ3v) is 3.59. The molecule has 1 aliphatic rings. The molecule has 0 unspecified atom stereocenters. The van der Waals surface area contributed by atoms with Crippen molar-refractivity contribution in [2.24, 2.45) is 0 Å². The SMILES string of the molecule is CN(CC(=O)N1CCCC1)c1cc(C(=O)O)c(N)cc1F. The van der Waals surface area contributed by atoms with Crippen molar-refractivity contribution in [2.45, 2.75) is 12.8 Å². The number of nitrogen functional groups attached to an aromatic ring is 1. The Morgan fingerprint density at radius 2 is 2.00 bits per heavy atom. The van der Waals surface area contributed by atoms with E-state index in [4.69, 9.17) is 10.8 Å². The molecule has 114 valence electrons. The summed E-state index contributed by atoms with van der Waals surface area (Å²) in [5.74, 6) is -1.97. The number of amides is 1. The van der Waals surface area contributed by atoms with Gasteiger partial charge in [-0.15, -0.1) is 0 Å². The summed E-state index contributed by atoms with van der Waals surface area (Å²) in [6, 6.07) is 2.12. The van der Waals surface area contributed by atoms with Gasteiger partial charge >= 0.3 is 5.97 Å². The summed E-state index contributed by atoms with van der Waals surface area (Å²) in [6.45, 7) is 1.44. The number of hydrogen-bond acceptors (Lipinski definition) is 4. The standard InChI is InChI=1S/C14H18FN3O3/c1-17(8-13(19)18-4-2-3-5-18)12-6-9(14(20)21)11(16)7-10(12)15/h6-7H,2-5,8,16H2,1H3,(H,20,21). The first kappa shape index (κ1) is 15.1. The van der Waals surface area contributed by atoms with Gasteiger partial charge in [-0.3, -0.25) is 4.79 Å². The van der Waals surface area contributed by atoms with E-state index in [0.29, 0.717) is 0 Å². The smallest absolute Gasteiger partial charge is 0.337 e. The Bertz CT molecular complexity index is 571. The van der Waals surface area contributed by atoms with Crippen molar-refractivity contribution in [3.05, 3.63) is 23.5 Å². The van der Waals surface area contributed by atoms with Crippen molar-refractivity contribution in [1.29, 1.82) is 0 Å². The third-order valence-electron chi connectivity index (χ3n) is 3.59. The second-order valence-corrected chi connectivity index (χ2v) is 5.14. The van der Waals surface area contributed by atoms with Gasteiger partial charge in [0, 0.05) is 25.8 Å². The van der Waals surface area contributed by atoms with Crippen LogP contribution in [0.1, 0.15) is 23.2 Å². The molecular weight excluding hydrogens is 277 g/mol. The van der Waals surface area contributed by atoms with Crippen LogP contribution in [0.2, 0.25) is 0 Å². The van der Waals surface area contributed by atoms with Gasteiger partial charge in [-0.05, 0) is 25.0 Å². The number of hydrogen-bond donors (Lipinski definition) is 2. The summed E-state index contributed by atoms with van der Waals surface area (Å²) in [5, 5.41) is 9.02. The fourth-order valence-corrected chi connectivity index (χ4v) is 2.41. The van der Waals surface area contributed by atoms with E-state index in [-0.39, 0.29) is 29.4 Å². The second kappa shape index (κ2) is 5.99. The molecule has 1 amide bonds. The molecule has 1 aromatic rings. The maximum Gasteiger partial charge on any atom is 0.337 e. The Morgan fingerprint density at radius 1 is 1.38 bits per heavy atom. The first-order valence-electron chi connectivity index (χ1n) is 6.71. The number of carboxylic acids is 1. The molecule has 0 atom stereocenters. The van der Waals surface area contributed by atoms with Gasteiger partial charge < -0.3 is 20.6 Å². The Labute approximate surface area is 121 Å². The minimum absolute atomic E-state index is 0.000102. The average molecular weight is 295 g/mol.